The number of rotatable bonds is 14. The number of carbonyl (C=O) groups is 4. The Labute approximate surface area is 239 Å². The summed E-state index contributed by atoms with van der Waals surface area (Å²) in [6, 6.07) is 2.77. The molecule has 0 aliphatic heterocycles. The van der Waals surface area contributed by atoms with E-state index in [2.05, 4.69) is 24.5 Å². The third-order valence-electron chi connectivity index (χ3n) is 6.34. The standard InChI is InChI=1S/C30H49N3O7/c1-10-39-24(35)16-17-31-27(36)26(25-20(4)12-11-13-21(25)5)33(22(6)15-14-19(2)3)28(37)23(18-34)32-29(38)40-30(7,8)9/h11-13,19,22-23,26,34H,10,14-18H2,1-9H3,(H,31,36)(H,32,38). The molecule has 0 aliphatic carbocycles. The van der Waals surface area contributed by atoms with Crippen molar-refractivity contribution in [2.24, 2.45) is 5.92 Å². The minimum atomic E-state index is -1.34. The summed E-state index contributed by atoms with van der Waals surface area (Å²) < 4.78 is 10.3. The van der Waals surface area contributed by atoms with E-state index in [0.717, 1.165) is 17.5 Å². The number of alkyl carbamates (subject to hydrolysis) is 1. The molecule has 1 aromatic carbocycles. The van der Waals surface area contributed by atoms with Gasteiger partial charge in [0.05, 0.1) is 19.6 Å². The molecule has 3 atom stereocenters. The zero-order valence-corrected chi connectivity index (χ0v) is 25.6. The van der Waals surface area contributed by atoms with Gasteiger partial charge in [-0.3, -0.25) is 14.4 Å². The molecule has 10 heteroatoms. The number of benzene rings is 1. The molecule has 0 saturated carbocycles. The molecule has 0 radical (unpaired) electrons. The Morgan fingerprint density at radius 2 is 1.62 bits per heavy atom. The van der Waals surface area contributed by atoms with Gasteiger partial charge in [-0.2, -0.15) is 0 Å². The van der Waals surface area contributed by atoms with Crippen LogP contribution in [0.25, 0.3) is 0 Å². The van der Waals surface area contributed by atoms with Crippen LogP contribution in [-0.2, 0) is 23.9 Å². The molecular weight excluding hydrogens is 514 g/mol. The van der Waals surface area contributed by atoms with Crippen molar-refractivity contribution >= 4 is 23.9 Å². The van der Waals surface area contributed by atoms with E-state index in [0.29, 0.717) is 17.9 Å². The van der Waals surface area contributed by atoms with Crippen molar-refractivity contribution in [2.75, 3.05) is 19.8 Å². The quantitative estimate of drug-likeness (QED) is 0.292. The molecule has 3 unspecified atom stereocenters. The van der Waals surface area contributed by atoms with Gasteiger partial charge in [0, 0.05) is 12.6 Å². The number of nitrogens with one attached hydrogen (secondary N) is 2. The maximum absolute atomic E-state index is 14.1. The lowest BCUT2D eigenvalue weighted by atomic mass is 9.91. The fraction of sp³-hybridized carbons (Fsp3) is 0.667. The summed E-state index contributed by atoms with van der Waals surface area (Å²) in [6.45, 7) is 16.1. The number of carbonyl (C=O) groups excluding carboxylic acids is 4. The van der Waals surface area contributed by atoms with Crippen LogP contribution in [0.1, 0.15) is 90.5 Å². The predicted octanol–water partition coefficient (Wildman–Crippen LogP) is 3.95. The fourth-order valence-corrected chi connectivity index (χ4v) is 4.40. The van der Waals surface area contributed by atoms with E-state index in [-0.39, 0.29) is 19.6 Å². The Balaban J connectivity index is 3.57. The van der Waals surface area contributed by atoms with Crippen LogP contribution in [0.15, 0.2) is 18.2 Å². The van der Waals surface area contributed by atoms with Gasteiger partial charge < -0.3 is 30.1 Å². The van der Waals surface area contributed by atoms with Gasteiger partial charge in [0.25, 0.3) is 0 Å². The van der Waals surface area contributed by atoms with Crippen LogP contribution in [0.4, 0.5) is 4.79 Å². The number of aliphatic hydroxyl groups excluding tert-OH is 1. The highest BCUT2D eigenvalue weighted by atomic mass is 16.6. The van der Waals surface area contributed by atoms with Crippen LogP contribution >= 0.6 is 0 Å². The van der Waals surface area contributed by atoms with Crippen LogP contribution in [0.2, 0.25) is 0 Å². The summed E-state index contributed by atoms with van der Waals surface area (Å²) in [5.74, 6) is -1.17. The Morgan fingerprint density at radius 3 is 2.12 bits per heavy atom. The Bertz CT molecular complexity index is 983. The number of amides is 3. The van der Waals surface area contributed by atoms with Gasteiger partial charge in [-0.1, -0.05) is 32.0 Å². The molecule has 0 aliphatic rings. The lowest BCUT2D eigenvalue weighted by Gasteiger charge is -2.39. The van der Waals surface area contributed by atoms with E-state index in [1.54, 1.807) is 27.7 Å². The monoisotopic (exact) mass is 563 g/mol. The molecule has 226 valence electrons. The van der Waals surface area contributed by atoms with Crippen LogP contribution in [0.5, 0.6) is 0 Å². The minimum Gasteiger partial charge on any atom is -0.466 e. The normalized spacial score (nSPS) is 13.7. The molecule has 0 spiro atoms. The molecule has 0 saturated heterocycles. The number of aliphatic hydroxyl groups is 1. The SMILES string of the molecule is CCOC(=O)CCNC(=O)C(c1c(C)cccc1C)N(C(=O)C(CO)NC(=O)OC(C)(C)C)C(C)CCC(C)C. The Hall–Kier alpha value is -3.14. The van der Waals surface area contributed by atoms with E-state index >= 15 is 0 Å². The summed E-state index contributed by atoms with van der Waals surface area (Å²) in [4.78, 5) is 53.9. The number of esters is 1. The lowest BCUT2D eigenvalue weighted by molar-refractivity contribution is -0.146. The average molecular weight is 564 g/mol. The highest BCUT2D eigenvalue weighted by molar-refractivity contribution is 5.93. The molecular formula is C30H49N3O7. The number of nitrogens with zero attached hydrogens (tertiary/aromatic N) is 1. The van der Waals surface area contributed by atoms with Crippen LogP contribution in [0, 0.1) is 19.8 Å². The summed E-state index contributed by atoms with van der Waals surface area (Å²) in [5.41, 5.74) is 1.45. The number of aryl methyl sites for hydroxylation is 2. The molecule has 0 aromatic heterocycles. The summed E-state index contributed by atoms with van der Waals surface area (Å²) >= 11 is 0. The molecule has 10 nitrogen and oxygen atoms in total. The first-order valence-electron chi connectivity index (χ1n) is 14.0. The van der Waals surface area contributed by atoms with E-state index in [4.69, 9.17) is 9.47 Å². The number of hydrogen-bond donors (Lipinski definition) is 3. The first-order chi connectivity index (χ1) is 18.6. The van der Waals surface area contributed by atoms with Gasteiger partial charge in [-0.15, -0.1) is 0 Å². The predicted molar refractivity (Wildman–Crippen MR) is 154 cm³/mol. The van der Waals surface area contributed by atoms with Crippen molar-refractivity contribution in [1.29, 1.82) is 0 Å². The molecule has 3 amide bonds. The van der Waals surface area contributed by atoms with Gasteiger partial charge in [0.1, 0.15) is 17.7 Å². The Morgan fingerprint density at radius 1 is 1.02 bits per heavy atom. The maximum atomic E-state index is 14.1. The third-order valence-corrected chi connectivity index (χ3v) is 6.34. The van der Waals surface area contributed by atoms with Crippen molar-refractivity contribution in [1.82, 2.24) is 15.5 Å². The van der Waals surface area contributed by atoms with Crippen molar-refractivity contribution in [3.8, 4) is 0 Å². The van der Waals surface area contributed by atoms with Gasteiger partial charge in [0.15, 0.2) is 0 Å². The number of hydrogen-bond acceptors (Lipinski definition) is 7. The summed E-state index contributed by atoms with van der Waals surface area (Å²) in [7, 11) is 0. The smallest absolute Gasteiger partial charge is 0.408 e. The molecule has 40 heavy (non-hydrogen) atoms. The van der Waals surface area contributed by atoms with Crippen LogP contribution < -0.4 is 10.6 Å². The highest BCUT2D eigenvalue weighted by Gasteiger charge is 2.39. The zero-order valence-electron chi connectivity index (χ0n) is 25.6. The third kappa shape index (κ3) is 11.2. The topological polar surface area (TPSA) is 134 Å². The van der Waals surface area contributed by atoms with Crippen LogP contribution in [-0.4, -0.2) is 71.3 Å². The lowest BCUT2D eigenvalue weighted by Crippen LogP contribution is -2.57. The van der Waals surface area contributed by atoms with Gasteiger partial charge in [0.2, 0.25) is 11.8 Å². The van der Waals surface area contributed by atoms with Crippen LogP contribution in [0.3, 0.4) is 0 Å². The number of ether oxygens (including phenoxy) is 2. The van der Waals surface area contributed by atoms with Gasteiger partial charge in [-0.25, -0.2) is 4.79 Å². The maximum Gasteiger partial charge on any atom is 0.408 e. The fourth-order valence-electron chi connectivity index (χ4n) is 4.40. The second-order valence-corrected chi connectivity index (χ2v) is 11.5. The summed E-state index contributed by atoms with van der Waals surface area (Å²) in [6.07, 6.45) is 0.510. The van der Waals surface area contributed by atoms with E-state index < -0.39 is 54.2 Å². The molecule has 0 bridgehead atoms. The zero-order chi connectivity index (χ0) is 30.6. The van der Waals surface area contributed by atoms with Gasteiger partial charge in [-0.05, 0) is 83.9 Å². The molecule has 0 heterocycles. The second kappa shape index (κ2) is 16.2. The van der Waals surface area contributed by atoms with Crippen molar-refractivity contribution < 1.29 is 33.8 Å². The van der Waals surface area contributed by atoms with Crippen molar-refractivity contribution in [2.45, 2.75) is 105 Å². The summed E-state index contributed by atoms with van der Waals surface area (Å²) in [5, 5.41) is 15.5. The van der Waals surface area contributed by atoms with E-state index in [1.165, 1.54) is 4.90 Å². The molecule has 0 fully saturated rings. The molecule has 3 N–H and O–H groups in total. The minimum absolute atomic E-state index is 0.0185. The molecule has 1 rings (SSSR count). The second-order valence-electron chi connectivity index (χ2n) is 11.5. The Kier molecular flexibility index (Phi) is 14.1. The van der Waals surface area contributed by atoms with E-state index in [9.17, 15) is 24.3 Å². The van der Waals surface area contributed by atoms with Crippen molar-refractivity contribution in [3.05, 3.63) is 34.9 Å². The first kappa shape index (κ1) is 34.9. The largest absolute Gasteiger partial charge is 0.466 e. The van der Waals surface area contributed by atoms with Crippen molar-refractivity contribution in [3.63, 3.8) is 0 Å². The van der Waals surface area contributed by atoms with E-state index in [1.807, 2.05) is 39.0 Å². The average Bonchev–Trinajstić information content (AvgIpc) is 2.83. The molecule has 1 aromatic rings. The first-order valence-corrected chi connectivity index (χ1v) is 14.0. The van der Waals surface area contributed by atoms with Gasteiger partial charge >= 0.3 is 12.1 Å². The highest BCUT2D eigenvalue weighted by Crippen LogP contribution is 2.31.